The monoisotopic (exact) mass is 564 g/mol. The van der Waals surface area contributed by atoms with Crippen molar-refractivity contribution in [1.82, 2.24) is 14.4 Å². The van der Waals surface area contributed by atoms with E-state index >= 15 is 0 Å². The quantitative estimate of drug-likeness (QED) is 0.338. The number of fused-ring (bicyclic) bond motifs is 4. The maximum absolute atomic E-state index is 13.4. The second kappa shape index (κ2) is 10.5. The number of benzene rings is 2. The van der Waals surface area contributed by atoms with E-state index < -0.39 is 5.72 Å². The van der Waals surface area contributed by atoms with E-state index in [2.05, 4.69) is 47.9 Å². The van der Waals surface area contributed by atoms with Gasteiger partial charge in [0, 0.05) is 36.1 Å². The van der Waals surface area contributed by atoms with Crippen LogP contribution in [0.1, 0.15) is 64.4 Å². The van der Waals surface area contributed by atoms with Crippen molar-refractivity contribution in [3.8, 4) is 22.8 Å². The molecule has 2 amide bonds. The molecule has 1 N–H and O–H groups in total. The van der Waals surface area contributed by atoms with Gasteiger partial charge in [-0.2, -0.15) is 9.84 Å². The number of ether oxygens (including phenoxy) is 3. The van der Waals surface area contributed by atoms with E-state index in [1.165, 1.54) is 53.2 Å². The van der Waals surface area contributed by atoms with Gasteiger partial charge in [-0.05, 0) is 82.2 Å². The van der Waals surface area contributed by atoms with Crippen molar-refractivity contribution < 1.29 is 19.0 Å². The number of amides is 2. The molecule has 1 unspecified atom stereocenters. The van der Waals surface area contributed by atoms with E-state index in [9.17, 15) is 4.79 Å². The fraction of sp³-hybridized carbons (Fsp3) is 0.516. The predicted octanol–water partition coefficient (Wildman–Crippen LogP) is 6.74. The molecule has 1 fully saturated rings. The Morgan fingerprint density at radius 3 is 2.65 bits per heavy atom. The Morgan fingerprint density at radius 2 is 1.90 bits per heavy atom. The van der Waals surface area contributed by atoms with Crippen LogP contribution < -0.4 is 19.8 Å². The lowest BCUT2D eigenvalue weighted by atomic mass is 9.81. The number of methoxy groups -OCH3 is 1. The molecule has 9 heteroatoms. The van der Waals surface area contributed by atoms with Crippen molar-refractivity contribution >= 4 is 35.4 Å². The SMILES string of the molecule is COc1cccc2c1OC[C@H]1Cn3c-2c(C2CCCCC2)c2ccc(cc23)N(C)C(=O)N(S)NC(C)(C)OC1C. The van der Waals surface area contributed by atoms with Crippen molar-refractivity contribution in [2.45, 2.75) is 77.2 Å². The molecular weight excluding hydrogens is 524 g/mol. The minimum absolute atomic E-state index is 0.0268. The lowest BCUT2D eigenvalue weighted by molar-refractivity contribution is -0.126. The molecule has 3 heterocycles. The molecule has 3 aliphatic rings. The molecule has 6 rings (SSSR count). The Hall–Kier alpha value is -2.88. The Kier molecular flexibility index (Phi) is 7.17. The van der Waals surface area contributed by atoms with Crippen LogP contribution in [0.25, 0.3) is 22.2 Å². The number of hydrogen-bond acceptors (Lipinski definition) is 6. The number of rotatable bonds is 2. The van der Waals surface area contributed by atoms with Gasteiger partial charge in [0.05, 0.1) is 31.0 Å². The molecule has 3 aromatic rings. The molecule has 1 saturated carbocycles. The minimum Gasteiger partial charge on any atom is -0.493 e. The van der Waals surface area contributed by atoms with Gasteiger partial charge in [0.2, 0.25) is 0 Å². The molecule has 1 aliphatic carbocycles. The zero-order chi connectivity index (χ0) is 28.2. The van der Waals surface area contributed by atoms with E-state index in [1.807, 2.05) is 32.0 Å². The number of carbonyl (C=O) groups is 1. The van der Waals surface area contributed by atoms with Gasteiger partial charge in [-0.3, -0.25) is 4.90 Å². The highest BCUT2D eigenvalue weighted by Gasteiger charge is 2.36. The second-order valence-corrected chi connectivity index (χ2v) is 12.3. The molecule has 40 heavy (non-hydrogen) atoms. The van der Waals surface area contributed by atoms with E-state index in [4.69, 9.17) is 14.2 Å². The summed E-state index contributed by atoms with van der Waals surface area (Å²) in [6.07, 6.45) is 5.91. The number of para-hydroxylation sites is 1. The molecule has 4 bridgehead atoms. The number of urea groups is 1. The Balaban J connectivity index is 1.66. The van der Waals surface area contributed by atoms with Crippen LogP contribution in [0.2, 0.25) is 0 Å². The third-order valence-corrected chi connectivity index (χ3v) is 9.06. The molecule has 0 saturated heterocycles. The summed E-state index contributed by atoms with van der Waals surface area (Å²) in [7, 11) is 3.48. The van der Waals surface area contributed by atoms with Crippen LogP contribution in [0.15, 0.2) is 36.4 Å². The fourth-order valence-electron chi connectivity index (χ4n) is 6.77. The van der Waals surface area contributed by atoms with Gasteiger partial charge in [0.15, 0.2) is 11.5 Å². The summed E-state index contributed by atoms with van der Waals surface area (Å²) in [5.41, 5.74) is 7.83. The van der Waals surface area contributed by atoms with Crippen molar-refractivity contribution in [3.63, 3.8) is 0 Å². The first-order valence-corrected chi connectivity index (χ1v) is 14.8. The average Bonchev–Trinajstić information content (AvgIpc) is 3.24. The number of anilines is 1. The first-order chi connectivity index (χ1) is 19.2. The highest BCUT2D eigenvalue weighted by molar-refractivity contribution is 7.78. The molecule has 2 atom stereocenters. The van der Waals surface area contributed by atoms with Gasteiger partial charge in [-0.15, -0.1) is 0 Å². The molecule has 214 valence electrons. The van der Waals surface area contributed by atoms with Gasteiger partial charge >= 0.3 is 6.03 Å². The minimum atomic E-state index is -0.857. The first-order valence-electron chi connectivity index (χ1n) is 14.4. The molecular formula is C31H40N4O4S. The molecule has 2 aromatic carbocycles. The summed E-state index contributed by atoms with van der Waals surface area (Å²) in [5.74, 6) is 1.99. The molecule has 0 spiro atoms. The average molecular weight is 565 g/mol. The summed E-state index contributed by atoms with van der Waals surface area (Å²) in [4.78, 5) is 15.0. The zero-order valence-electron chi connectivity index (χ0n) is 24.1. The van der Waals surface area contributed by atoms with Crippen LogP contribution in [0, 0.1) is 5.92 Å². The van der Waals surface area contributed by atoms with E-state index in [1.54, 1.807) is 19.1 Å². The maximum atomic E-state index is 13.4. The number of carbonyl (C=O) groups excluding carboxylic acids is 1. The zero-order valence-corrected chi connectivity index (χ0v) is 25.0. The van der Waals surface area contributed by atoms with Crippen LogP contribution in [0.4, 0.5) is 10.5 Å². The van der Waals surface area contributed by atoms with Crippen LogP contribution >= 0.6 is 12.8 Å². The summed E-state index contributed by atoms with van der Waals surface area (Å²) in [6, 6.07) is 12.3. The summed E-state index contributed by atoms with van der Waals surface area (Å²) in [5, 5.41) is 1.24. The number of nitrogens with zero attached hydrogens (tertiary/aromatic N) is 3. The Labute approximate surface area is 242 Å². The topological polar surface area (TPSA) is 68.2 Å². The summed E-state index contributed by atoms with van der Waals surface area (Å²) >= 11 is 4.47. The lowest BCUT2D eigenvalue weighted by Gasteiger charge is -2.37. The van der Waals surface area contributed by atoms with Crippen molar-refractivity contribution in [3.05, 3.63) is 42.0 Å². The number of hydrogen-bond donors (Lipinski definition) is 2. The van der Waals surface area contributed by atoms with Crippen molar-refractivity contribution in [1.29, 1.82) is 0 Å². The predicted molar refractivity (Wildman–Crippen MR) is 161 cm³/mol. The highest BCUT2D eigenvalue weighted by atomic mass is 32.1. The van der Waals surface area contributed by atoms with Gasteiger partial charge in [-0.25, -0.2) is 4.79 Å². The van der Waals surface area contributed by atoms with E-state index in [-0.39, 0.29) is 18.1 Å². The van der Waals surface area contributed by atoms with Crippen LogP contribution in [-0.2, 0) is 11.3 Å². The highest BCUT2D eigenvalue weighted by Crippen LogP contribution is 2.50. The fourth-order valence-corrected chi connectivity index (χ4v) is 7.15. The van der Waals surface area contributed by atoms with Crippen molar-refractivity contribution in [2.24, 2.45) is 5.92 Å². The summed E-state index contributed by atoms with van der Waals surface area (Å²) in [6.45, 7) is 7.08. The summed E-state index contributed by atoms with van der Waals surface area (Å²) < 4.78 is 22.7. The molecule has 1 aromatic heterocycles. The first kappa shape index (κ1) is 27.3. The van der Waals surface area contributed by atoms with Gasteiger partial charge in [-0.1, -0.05) is 31.4 Å². The van der Waals surface area contributed by atoms with E-state index in [0.717, 1.165) is 34.8 Å². The van der Waals surface area contributed by atoms with Gasteiger partial charge < -0.3 is 18.8 Å². The number of nitrogens with one attached hydrogen (secondary N) is 1. The normalized spacial score (nSPS) is 23.6. The van der Waals surface area contributed by atoms with E-state index in [0.29, 0.717) is 12.5 Å². The second-order valence-electron chi connectivity index (χ2n) is 11.9. The van der Waals surface area contributed by atoms with Gasteiger partial charge in [0.1, 0.15) is 5.72 Å². The third-order valence-electron chi connectivity index (χ3n) is 8.79. The number of thiol groups is 1. The number of hydrazine groups is 1. The van der Waals surface area contributed by atoms with Crippen LogP contribution in [0.3, 0.4) is 0 Å². The van der Waals surface area contributed by atoms with Crippen molar-refractivity contribution in [2.75, 3.05) is 25.7 Å². The standard InChI is InChI=1S/C31H40N4O4S/c1-19-21-17-34-25-16-22(33(4)30(36)35(40)32-31(2,3)39-19)14-15-23(25)27(20-10-7-6-8-11-20)28(34)24-12-9-13-26(37-5)29(24)38-18-21/h9,12-16,19-21,32,40H,6-8,10-11,17-18H2,1-5H3/t19?,21-/m1/s1. The molecule has 0 radical (unpaired) electrons. The lowest BCUT2D eigenvalue weighted by Crippen LogP contribution is -2.55. The van der Waals surface area contributed by atoms with Gasteiger partial charge in [0.25, 0.3) is 0 Å². The smallest absolute Gasteiger partial charge is 0.348 e. The van der Waals surface area contributed by atoms with Crippen LogP contribution in [-0.4, -0.2) is 47.6 Å². The largest absolute Gasteiger partial charge is 0.493 e. The molecule has 8 nitrogen and oxygen atoms in total. The maximum Gasteiger partial charge on any atom is 0.348 e. The third kappa shape index (κ3) is 4.72. The number of aromatic nitrogens is 1. The van der Waals surface area contributed by atoms with Crippen LogP contribution in [0.5, 0.6) is 11.5 Å². The Morgan fingerprint density at radius 1 is 1.12 bits per heavy atom. The molecule has 2 aliphatic heterocycles. The Bertz CT molecular complexity index is 1430.